The average molecular weight is 593 g/mol. The average Bonchev–Trinajstić information content (AvgIpc) is 3.03. The highest BCUT2D eigenvalue weighted by Crippen LogP contribution is 2.26. The van der Waals surface area contributed by atoms with E-state index in [1.807, 2.05) is 0 Å². The molecule has 0 aliphatic rings. The van der Waals surface area contributed by atoms with Gasteiger partial charge in [0.15, 0.2) is 11.6 Å². The number of anilines is 2. The van der Waals surface area contributed by atoms with Gasteiger partial charge in [-0.1, -0.05) is 89.9 Å². The Morgan fingerprint density at radius 2 is 0.810 bits per heavy atom. The molecule has 0 fully saturated rings. The lowest BCUT2D eigenvalue weighted by Crippen LogP contribution is -2.18. The van der Waals surface area contributed by atoms with Gasteiger partial charge in [-0.2, -0.15) is 0 Å². The third kappa shape index (κ3) is 6.47. The normalized spacial score (nSPS) is 10.5. The van der Waals surface area contributed by atoms with Gasteiger partial charge in [0.2, 0.25) is 0 Å². The molecule has 42 heavy (non-hydrogen) atoms. The molecular weight excluding hydrogens is 571 g/mol. The Hall–Kier alpha value is -5.04. The van der Waals surface area contributed by atoms with Crippen molar-refractivity contribution in [3.63, 3.8) is 0 Å². The third-order valence-electron chi connectivity index (χ3n) is 6.41. The Morgan fingerprint density at radius 1 is 0.429 bits per heavy atom. The minimum Gasteiger partial charge on any atom is -0.321 e. The first-order valence-electron chi connectivity index (χ1n) is 12.8. The van der Waals surface area contributed by atoms with Crippen LogP contribution in [0.25, 0.3) is 0 Å². The van der Waals surface area contributed by atoms with E-state index >= 15 is 0 Å². The number of ketones is 2. The van der Waals surface area contributed by atoms with Gasteiger partial charge in [0.05, 0.1) is 11.4 Å². The summed E-state index contributed by atoms with van der Waals surface area (Å²) in [6.07, 6.45) is 0. The number of hydrogen-bond acceptors (Lipinski definition) is 4. The zero-order chi connectivity index (χ0) is 29.6. The van der Waals surface area contributed by atoms with Crippen LogP contribution in [0.4, 0.5) is 11.4 Å². The first-order valence-corrected chi connectivity index (χ1v) is 13.6. The molecule has 2 N–H and O–H groups in total. The molecule has 0 saturated heterocycles. The van der Waals surface area contributed by atoms with Gasteiger partial charge in [-0.05, 0) is 54.6 Å². The second kappa shape index (κ2) is 12.6. The van der Waals surface area contributed by atoms with Gasteiger partial charge in [0, 0.05) is 43.4 Å². The number of rotatable bonds is 8. The summed E-state index contributed by atoms with van der Waals surface area (Å²) in [5.74, 6) is -1.66. The minimum atomic E-state index is -0.527. The van der Waals surface area contributed by atoms with Gasteiger partial charge >= 0.3 is 0 Å². The quantitative estimate of drug-likeness (QED) is 0.179. The molecule has 0 radical (unpaired) electrons. The van der Waals surface area contributed by atoms with Crippen LogP contribution < -0.4 is 10.6 Å². The number of hydrogen-bond donors (Lipinski definition) is 2. The van der Waals surface area contributed by atoms with Gasteiger partial charge in [-0.3, -0.25) is 19.2 Å². The van der Waals surface area contributed by atoms with E-state index in [4.69, 9.17) is 23.2 Å². The summed E-state index contributed by atoms with van der Waals surface area (Å²) in [4.78, 5) is 52.8. The lowest BCUT2D eigenvalue weighted by molar-refractivity contribution is 0.102. The predicted molar refractivity (Wildman–Crippen MR) is 165 cm³/mol. The van der Waals surface area contributed by atoms with E-state index in [1.165, 1.54) is 18.2 Å². The molecular formula is C34H22Cl2N2O4. The Kier molecular flexibility index (Phi) is 8.58. The molecule has 0 atom stereocenters. The Bertz CT molecular complexity index is 1690. The molecule has 206 valence electrons. The molecule has 5 aromatic rings. The first kappa shape index (κ1) is 28.5. The SMILES string of the molecule is O=C(Nc1ccc(Cl)cc1C(=O)c1ccccc1)c1cccc(C(=O)Nc2ccc(Cl)cc2C(=O)c2ccccc2)c1. The van der Waals surface area contributed by atoms with E-state index < -0.39 is 11.8 Å². The zero-order valence-electron chi connectivity index (χ0n) is 21.9. The molecule has 0 aliphatic carbocycles. The van der Waals surface area contributed by atoms with Crippen molar-refractivity contribution >= 4 is 58.0 Å². The molecule has 0 aliphatic heterocycles. The van der Waals surface area contributed by atoms with E-state index in [2.05, 4.69) is 10.6 Å². The molecule has 8 heteroatoms. The lowest BCUT2D eigenvalue weighted by atomic mass is 10.0. The first-order chi connectivity index (χ1) is 20.3. The topological polar surface area (TPSA) is 92.3 Å². The highest BCUT2D eigenvalue weighted by atomic mass is 35.5. The molecule has 0 saturated carbocycles. The van der Waals surface area contributed by atoms with Crippen LogP contribution in [0.15, 0.2) is 121 Å². The van der Waals surface area contributed by atoms with Crippen LogP contribution in [-0.4, -0.2) is 23.4 Å². The van der Waals surface area contributed by atoms with Crippen molar-refractivity contribution in [2.45, 2.75) is 0 Å². The van der Waals surface area contributed by atoms with Crippen molar-refractivity contribution < 1.29 is 19.2 Å². The highest BCUT2D eigenvalue weighted by Gasteiger charge is 2.19. The van der Waals surface area contributed by atoms with Crippen molar-refractivity contribution in [3.8, 4) is 0 Å². The van der Waals surface area contributed by atoms with Crippen molar-refractivity contribution in [2.75, 3.05) is 10.6 Å². The van der Waals surface area contributed by atoms with Crippen LogP contribution in [-0.2, 0) is 0 Å². The minimum absolute atomic E-state index is 0.187. The molecule has 0 bridgehead atoms. The summed E-state index contributed by atoms with van der Waals surface area (Å²) in [6.45, 7) is 0. The van der Waals surface area contributed by atoms with Gasteiger partial charge in [0.1, 0.15) is 0 Å². The second-order valence-corrected chi connectivity index (χ2v) is 10.1. The van der Waals surface area contributed by atoms with Gasteiger partial charge < -0.3 is 10.6 Å². The van der Waals surface area contributed by atoms with Crippen LogP contribution in [0.5, 0.6) is 0 Å². The zero-order valence-corrected chi connectivity index (χ0v) is 23.4. The van der Waals surface area contributed by atoms with Crippen LogP contribution in [0.1, 0.15) is 52.6 Å². The molecule has 0 heterocycles. The largest absolute Gasteiger partial charge is 0.321 e. The van der Waals surface area contributed by atoms with E-state index in [1.54, 1.807) is 103 Å². The molecule has 0 spiro atoms. The van der Waals surface area contributed by atoms with E-state index in [0.717, 1.165) is 0 Å². The fourth-order valence-corrected chi connectivity index (χ4v) is 4.65. The van der Waals surface area contributed by atoms with Crippen LogP contribution in [0, 0.1) is 0 Å². The Labute approximate surface area is 251 Å². The number of amides is 2. The molecule has 5 rings (SSSR count). The van der Waals surface area contributed by atoms with E-state index in [9.17, 15) is 19.2 Å². The van der Waals surface area contributed by atoms with E-state index in [0.29, 0.717) is 21.2 Å². The number of nitrogens with one attached hydrogen (secondary N) is 2. The smallest absolute Gasteiger partial charge is 0.255 e. The molecule has 0 unspecified atom stereocenters. The van der Waals surface area contributed by atoms with Gasteiger partial charge in [-0.25, -0.2) is 0 Å². The monoisotopic (exact) mass is 592 g/mol. The molecule has 6 nitrogen and oxygen atoms in total. The molecule has 5 aromatic carbocycles. The maximum absolute atomic E-state index is 13.2. The van der Waals surface area contributed by atoms with Crippen LogP contribution >= 0.6 is 23.2 Å². The molecule has 2 amide bonds. The Balaban J connectivity index is 1.37. The summed E-state index contributed by atoms with van der Waals surface area (Å²) >= 11 is 12.3. The van der Waals surface area contributed by atoms with Crippen molar-refractivity contribution in [2.24, 2.45) is 0 Å². The van der Waals surface area contributed by atoms with Crippen LogP contribution in [0.2, 0.25) is 10.0 Å². The summed E-state index contributed by atoms with van der Waals surface area (Å²) in [6, 6.07) is 32.6. The van der Waals surface area contributed by atoms with Gasteiger partial charge in [-0.15, -0.1) is 0 Å². The Morgan fingerprint density at radius 3 is 1.21 bits per heavy atom. The van der Waals surface area contributed by atoms with Crippen molar-refractivity contribution in [1.82, 2.24) is 0 Å². The lowest BCUT2D eigenvalue weighted by Gasteiger charge is -2.13. The van der Waals surface area contributed by atoms with Crippen LogP contribution in [0.3, 0.4) is 0 Å². The summed E-state index contributed by atoms with van der Waals surface area (Å²) in [5, 5.41) is 6.21. The van der Waals surface area contributed by atoms with Gasteiger partial charge in [0.25, 0.3) is 11.8 Å². The maximum Gasteiger partial charge on any atom is 0.255 e. The second-order valence-electron chi connectivity index (χ2n) is 9.26. The maximum atomic E-state index is 13.2. The number of carbonyl (C=O) groups excluding carboxylic acids is 4. The van der Waals surface area contributed by atoms with Crippen molar-refractivity contribution in [1.29, 1.82) is 0 Å². The molecule has 0 aromatic heterocycles. The standard InChI is InChI=1S/C34H22Cl2N2O4/c35-25-14-16-29(27(19-25)31(39)21-8-3-1-4-9-21)37-33(41)23-12-7-13-24(18-23)34(42)38-30-17-15-26(36)20-28(30)32(40)22-10-5-2-6-11-22/h1-20H,(H,37,41)(H,38,42). The third-order valence-corrected chi connectivity index (χ3v) is 6.88. The summed E-state index contributed by atoms with van der Waals surface area (Å²) in [5.41, 5.74) is 2.28. The summed E-state index contributed by atoms with van der Waals surface area (Å²) < 4.78 is 0. The predicted octanol–water partition coefficient (Wildman–Crippen LogP) is 7.96. The summed E-state index contributed by atoms with van der Waals surface area (Å²) in [7, 11) is 0. The fraction of sp³-hybridized carbons (Fsp3) is 0. The highest BCUT2D eigenvalue weighted by molar-refractivity contribution is 6.32. The number of benzene rings is 5. The van der Waals surface area contributed by atoms with E-state index in [-0.39, 0.29) is 45.2 Å². The number of halogens is 2. The number of carbonyl (C=O) groups is 4. The fourth-order valence-electron chi connectivity index (χ4n) is 4.31. The van der Waals surface area contributed by atoms with Crippen molar-refractivity contribution in [3.05, 3.63) is 165 Å².